The highest BCUT2D eigenvalue weighted by molar-refractivity contribution is 9.10. The van der Waals surface area contributed by atoms with Crippen LogP contribution in [0.4, 0.5) is 21.8 Å². The third-order valence-corrected chi connectivity index (χ3v) is 2.58. The van der Waals surface area contributed by atoms with E-state index >= 15 is 0 Å². The monoisotopic (exact) mass is 297 g/mol. The Balaban J connectivity index is 2.22. The summed E-state index contributed by atoms with van der Waals surface area (Å²) in [5.41, 5.74) is 3.05. The summed E-state index contributed by atoms with van der Waals surface area (Å²) in [6.45, 7) is 0. The second-order valence-corrected chi connectivity index (χ2v) is 4.02. The van der Waals surface area contributed by atoms with Gasteiger partial charge >= 0.3 is 0 Å². The third-order valence-electron chi connectivity index (χ3n) is 1.98. The number of hydrogen-bond donors (Lipinski definition) is 3. The number of nitrogen functional groups attached to an aromatic ring is 1. The van der Waals surface area contributed by atoms with Crippen LogP contribution in [0.5, 0.6) is 0 Å². The van der Waals surface area contributed by atoms with E-state index < -0.39 is 0 Å². The molecule has 0 fully saturated rings. The van der Waals surface area contributed by atoms with Gasteiger partial charge in [0.05, 0.1) is 4.47 Å². The fraction of sp³-hybridized carbons (Fsp3) is 0. The Labute approximate surface area is 105 Å². The maximum Gasteiger partial charge on any atom is 0.239 e. The summed E-state index contributed by atoms with van der Waals surface area (Å²) in [6.07, 6.45) is 1.56. The molecule has 0 aliphatic rings. The third kappa shape index (κ3) is 2.89. The molecule has 88 valence electrons. The van der Waals surface area contributed by atoms with Gasteiger partial charge in [-0.2, -0.15) is 4.98 Å². The van der Waals surface area contributed by atoms with Crippen LogP contribution in [0.3, 0.4) is 0 Å². The Kier molecular flexibility index (Phi) is 3.50. The summed E-state index contributed by atoms with van der Waals surface area (Å²) in [5.74, 6) is 5.74. The minimum atomic E-state index is -0.317. The molecule has 4 N–H and O–H groups in total. The Bertz CT molecular complexity index is 534. The molecule has 0 saturated carbocycles. The van der Waals surface area contributed by atoms with E-state index in [1.807, 2.05) is 0 Å². The first-order valence-electron chi connectivity index (χ1n) is 4.71. The van der Waals surface area contributed by atoms with Crippen molar-refractivity contribution in [1.82, 2.24) is 9.97 Å². The molecule has 0 radical (unpaired) electrons. The van der Waals surface area contributed by atoms with Gasteiger partial charge in [0, 0.05) is 11.9 Å². The lowest BCUT2D eigenvalue weighted by Gasteiger charge is -2.07. The van der Waals surface area contributed by atoms with Crippen molar-refractivity contribution in [3.05, 3.63) is 40.8 Å². The van der Waals surface area contributed by atoms with Crippen LogP contribution in [0.15, 0.2) is 34.9 Å². The summed E-state index contributed by atoms with van der Waals surface area (Å²) in [4.78, 5) is 7.95. The number of nitrogens with zero attached hydrogens (tertiary/aromatic N) is 2. The lowest BCUT2D eigenvalue weighted by atomic mass is 10.3. The van der Waals surface area contributed by atoms with Gasteiger partial charge in [-0.3, -0.25) is 5.43 Å². The summed E-state index contributed by atoms with van der Waals surface area (Å²) >= 11 is 3.11. The summed E-state index contributed by atoms with van der Waals surface area (Å²) in [5, 5.41) is 3.00. The number of benzene rings is 1. The number of halogens is 2. The first-order valence-corrected chi connectivity index (χ1v) is 5.50. The van der Waals surface area contributed by atoms with Gasteiger partial charge in [0.25, 0.3) is 0 Å². The quantitative estimate of drug-likeness (QED) is 0.599. The number of anilines is 3. The van der Waals surface area contributed by atoms with Crippen LogP contribution in [0.25, 0.3) is 0 Å². The number of nitrogens with two attached hydrogens (primary N) is 1. The SMILES string of the molecule is NNc1nccc(Nc2ccc(F)c(Br)c2)n1. The maximum absolute atomic E-state index is 13.0. The highest BCUT2D eigenvalue weighted by atomic mass is 79.9. The van der Waals surface area contributed by atoms with Crippen molar-refractivity contribution >= 4 is 33.4 Å². The van der Waals surface area contributed by atoms with E-state index in [-0.39, 0.29) is 5.82 Å². The van der Waals surface area contributed by atoms with Gasteiger partial charge in [-0.1, -0.05) is 0 Å². The predicted molar refractivity (Wildman–Crippen MR) is 67.2 cm³/mol. The molecule has 2 rings (SSSR count). The molecule has 17 heavy (non-hydrogen) atoms. The number of hydrogen-bond acceptors (Lipinski definition) is 5. The van der Waals surface area contributed by atoms with Crippen LogP contribution in [0, 0.1) is 5.82 Å². The molecular formula is C10H9BrFN5. The highest BCUT2D eigenvalue weighted by Gasteiger charge is 2.02. The molecule has 1 aromatic heterocycles. The minimum Gasteiger partial charge on any atom is -0.340 e. The van der Waals surface area contributed by atoms with Gasteiger partial charge in [-0.15, -0.1) is 0 Å². The van der Waals surface area contributed by atoms with Crippen LogP contribution in [-0.4, -0.2) is 9.97 Å². The molecular weight excluding hydrogens is 289 g/mol. The zero-order valence-corrected chi connectivity index (χ0v) is 10.2. The van der Waals surface area contributed by atoms with Crippen molar-refractivity contribution in [3.63, 3.8) is 0 Å². The molecule has 0 amide bonds. The van der Waals surface area contributed by atoms with Crippen molar-refractivity contribution < 1.29 is 4.39 Å². The molecule has 0 atom stereocenters. The topological polar surface area (TPSA) is 75.9 Å². The summed E-state index contributed by atoms with van der Waals surface area (Å²) in [6, 6.07) is 6.26. The van der Waals surface area contributed by atoms with Gasteiger partial charge in [-0.25, -0.2) is 15.2 Å². The second kappa shape index (κ2) is 5.07. The molecule has 1 heterocycles. The molecule has 0 aliphatic carbocycles. The first-order chi connectivity index (χ1) is 8.19. The van der Waals surface area contributed by atoms with Crippen molar-refractivity contribution in [2.45, 2.75) is 0 Å². The van der Waals surface area contributed by atoms with Crippen LogP contribution in [-0.2, 0) is 0 Å². The molecule has 0 bridgehead atoms. The average Bonchev–Trinajstić information content (AvgIpc) is 2.34. The van der Waals surface area contributed by atoms with E-state index in [0.717, 1.165) is 0 Å². The number of aromatic nitrogens is 2. The van der Waals surface area contributed by atoms with Gasteiger partial charge in [0.1, 0.15) is 11.6 Å². The lowest BCUT2D eigenvalue weighted by Crippen LogP contribution is -2.10. The van der Waals surface area contributed by atoms with E-state index in [2.05, 4.69) is 36.6 Å². The van der Waals surface area contributed by atoms with Crippen LogP contribution >= 0.6 is 15.9 Å². The summed E-state index contributed by atoms with van der Waals surface area (Å²) in [7, 11) is 0. The molecule has 5 nitrogen and oxygen atoms in total. The van der Waals surface area contributed by atoms with E-state index in [0.29, 0.717) is 21.9 Å². The van der Waals surface area contributed by atoms with Crippen molar-refractivity contribution in [2.75, 3.05) is 10.7 Å². The van der Waals surface area contributed by atoms with Gasteiger partial charge in [0.2, 0.25) is 5.95 Å². The zero-order valence-electron chi connectivity index (χ0n) is 8.61. The Morgan fingerprint density at radius 3 is 2.82 bits per heavy atom. The van der Waals surface area contributed by atoms with E-state index in [1.165, 1.54) is 6.07 Å². The van der Waals surface area contributed by atoms with Crippen LogP contribution in [0.1, 0.15) is 0 Å². The second-order valence-electron chi connectivity index (χ2n) is 3.16. The van der Waals surface area contributed by atoms with Gasteiger partial charge in [0.15, 0.2) is 0 Å². The standard InChI is InChI=1S/C10H9BrFN5/c11-7-5-6(1-2-8(7)12)15-9-3-4-14-10(16-9)17-13/h1-5H,13H2,(H2,14,15,16,17). The Morgan fingerprint density at radius 1 is 1.29 bits per heavy atom. The van der Waals surface area contributed by atoms with Crippen LogP contribution < -0.4 is 16.6 Å². The number of rotatable bonds is 3. The highest BCUT2D eigenvalue weighted by Crippen LogP contribution is 2.22. The van der Waals surface area contributed by atoms with Crippen molar-refractivity contribution in [2.24, 2.45) is 5.84 Å². The van der Waals surface area contributed by atoms with E-state index in [4.69, 9.17) is 5.84 Å². The molecule has 0 unspecified atom stereocenters. The normalized spacial score (nSPS) is 10.1. The fourth-order valence-corrected chi connectivity index (χ4v) is 1.60. The zero-order chi connectivity index (χ0) is 12.3. The largest absolute Gasteiger partial charge is 0.340 e. The fourth-order valence-electron chi connectivity index (χ4n) is 1.22. The molecule has 0 saturated heterocycles. The summed E-state index contributed by atoms with van der Waals surface area (Å²) < 4.78 is 13.4. The smallest absolute Gasteiger partial charge is 0.239 e. The molecule has 1 aromatic carbocycles. The van der Waals surface area contributed by atoms with Crippen molar-refractivity contribution in [1.29, 1.82) is 0 Å². The Morgan fingerprint density at radius 2 is 2.12 bits per heavy atom. The predicted octanol–water partition coefficient (Wildman–Crippen LogP) is 2.41. The van der Waals surface area contributed by atoms with Gasteiger partial charge in [-0.05, 0) is 40.2 Å². The number of hydrazine groups is 1. The van der Waals surface area contributed by atoms with Crippen molar-refractivity contribution in [3.8, 4) is 0 Å². The lowest BCUT2D eigenvalue weighted by molar-refractivity contribution is 0.621. The Hall–Kier alpha value is -1.73. The molecule has 2 aromatic rings. The average molecular weight is 298 g/mol. The number of nitrogens with one attached hydrogen (secondary N) is 2. The molecule has 0 aliphatic heterocycles. The van der Waals surface area contributed by atoms with Gasteiger partial charge < -0.3 is 5.32 Å². The van der Waals surface area contributed by atoms with Crippen LogP contribution in [0.2, 0.25) is 0 Å². The maximum atomic E-state index is 13.0. The minimum absolute atomic E-state index is 0.302. The van der Waals surface area contributed by atoms with E-state index in [1.54, 1.807) is 24.4 Å². The first kappa shape index (κ1) is 11.7. The molecule has 7 heteroatoms. The molecule has 0 spiro atoms. The van der Waals surface area contributed by atoms with E-state index in [9.17, 15) is 4.39 Å².